The van der Waals surface area contributed by atoms with E-state index in [-0.39, 0.29) is 19.4 Å². The van der Waals surface area contributed by atoms with Crippen molar-refractivity contribution in [2.75, 3.05) is 26.4 Å². The molecule has 0 bridgehead atoms. The second kappa shape index (κ2) is 41.6. The first-order valence-corrected chi connectivity index (χ1v) is 23.4. The van der Waals surface area contributed by atoms with Gasteiger partial charge >= 0.3 is 19.8 Å². The molecule has 57 heavy (non-hydrogen) atoms. The van der Waals surface area contributed by atoms with Crippen molar-refractivity contribution in [1.82, 2.24) is 0 Å². The van der Waals surface area contributed by atoms with Crippen LogP contribution in [0.2, 0.25) is 0 Å². The summed E-state index contributed by atoms with van der Waals surface area (Å²) in [5.74, 6) is -0.986. The highest BCUT2D eigenvalue weighted by atomic mass is 31.2. The number of phosphoric ester groups is 1. The van der Waals surface area contributed by atoms with Crippen molar-refractivity contribution in [3.05, 3.63) is 72.9 Å². The maximum atomic E-state index is 12.6. The molecule has 0 amide bonds. The number of carbonyl (C=O) groups is 2. The van der Waals surface area contributed by atoms with E-state index in [1.165, 1.54) is 51.4 Å². The quantitative estimate of drug-likeness (QED) is 0.0236. The molecule has 0 heterocycles. The van der Waals surface area contributed by atoms with Crippen LogP contribution in [0.1, 0.15) is 168 Å². The number of phosphoric acid groups is 1. The van der Waals surface area contributed by atoms with E-state index in [1.807, 2.05) is 0 Å². The predicted octanol–water partition coefficient (Wildman–Crippen LogP) is 11.7. The van der Waals surface area contributed by atoms with Gasteiger partial charge in [-0.25, -0.2) is 4.57 Å². The lowest BCUT2D eigenvalue weighted by Crippen LogP contribution is -2.29. The topological polar surface area (TPSA) is 149 Å². The maximum absolute atomic E-state index is 12.6. The molecule has 3 N–H and O–H groups in total. The van der Waals surface area contributed by atoms with E-state index in [2.05, 4.69) is 91.3 Å². The van der Waals surface area contributed by atoms with E-state index < -0.39 is 51.8 Å². The summed E-state index contributed by atoms with van der Waals surface area (Å²) in [7, 11) is -4.63. The highest BCUT2D eigenvalue weighted by Gasteiger charge is 2.27. The fraction of sp³-hybridized carbons (Fsp3) is 0.696. The van der Waals surface area contributed by atoms with Gasteiger partial charge in [-0.15, -0.1) is 0 Å². The number of hydrogen-bond acceptors (Lipinski definition) is 9. The van der Waals surface area contributed by atoms with Crippen LogP contribution in [0.4, 0.5) is 0 Å². The second-order valence-corrected chi connectivity index (χ2v) is 15.8. The van der Waals surface area contributed by atoms with Gasteiger partial charge in [-0.2, -0.15) is 0 Å². The van der Waals surface area contributed by atoms with Gasteiger partial charge in [-0.05, 0) is 83.5 Å². The normalized spacial score (nSPS) is 14.5. The van der Waals surface area contributed by atoms with Gasteiger partial charge in [0.05, 0.1) is 19.8 Å². The van der Waals surface area contributed by atoms with Crippen molar-refractivity contribution in [3.63, 3.8) is 0 Å². The van der Waals surface area contributed by atoms with Crippen LogP contribution in [-0.4, -0.2) is 65.7 Å². The zero-order valence-corrected chi connectivity index (χ0v) is 36.4. The third-order valence-corrected chi connectivity index (χ3v) is 9.80. The minimum absolute atomic E-state index is 0.139. The standard InChI is InChI=1S/C46H79O10P/c1-3-5-7-9-11-13-15-17-19-20-21-22-24-26-28-30-32-34-36-38-46(50)56-44(42-55-57(51,52)54-40-43(48)39-47)41-53-45(49)37-35-33-31-29-27-25-23-18-16-14-12-10-8-6-4-2/h5,7,11,13,17,19,21-22,25-28,43-44,47-48H,3-4,6,8-10,12,14-16,18,20,23-24,29-42H2,1-2H3,(H,51,52)/b7-5+,13-11+,19-17+,22-21+,27-25+,28-26+/t43-,44+/m0/s1. The van der Waals surface area contributed by atoms with Crippen molar-refractivity contribution in [2.45, 2.75) is 180 Å². The fourth-order valence-corrected chi connectivity index (χ4v) is 6.27. The molecule has 0 aliphatic heterocycles. The summed E-state index contributed by atoms with van der Waals surface area (Å²) in [4.78, 5) is 35.0. The Bertz CT molecular complexity index is 1180. The second-order valence-electron chi connectivity index (χ2n) is 14.3. The monoisotopic (exact) mass is 823 g/mol. The molecule has 0 aromatic heterocycles. The number of rotatable bonds is 40. The summed E-state index contributed by atoms with van der Waals surface area (Å²) in [5, 5.41) is 18.3. The highest BCUT2D eigenvalue weighted by molar-refractivity contribution is 7.47. The molecule has 0 saturated carbocycles. The van der Waals surface area contributed by atoms with E-state index in [0.717, 1.165) is 77.0 Å². The summed E-state index contributed by atoms with van der Waals surface area (Å²) >= 11 is 0. The number of unbranched alkanes of at least 4 members (excludes halogenated alkanes) is 14. The van der Waals surface area contributed by atoms with Crippen LogP contribution in [-0.2, 0) is 32.7 Å². The first kappa shape index (κ1) is 54.4. The molecule has 1 unspecified atom stereocenters. The van der Waals surface area contributed by atoms with E-state index in [4.69, 9.17) is 19.1 Å². The lowest BCUT2D eigenvalue weighted by Gasteiger charge is -2.20. The zero-order valence-electron chi connectivity index (χ0n) is 35.5. The largest absolute Gasteiger partial charge is 0.472 e. The van der Waals surface area contributed by atoms with Crippen LogP contribution in [0.3, 0.4) is 0 Å². The Morgan fingerprint density at radius 1 is 0.544 bits per heavy atom. The van der Waals surface area contributed by atoms with Crippen molar-refractivity contribution < 1.29 is 47.8 Å². The van der Waals surface area contributed by atoms with E-state index in [9.17, 15) is 24.2 Å². The number of aliphatic hydroxyl groups is 2. The van der Waals surface area contributed by atoms with Crippen molar-refractivity contribution >= 4 is 19.8 Å². The number of hydrogen-bond donors (Lipinski definition) is 3. The molecule has 3 atom stereocenters. The molecular formula is C46H79O10P. The number of aliphatic hydroxyl groups excluding tert-OH is 2. The number of carbonyl (C=O) groups excluding carboxylic acids is 2. The van der Waals surface area contributed by atoms with Crippen LogP contribution >= 0.6 is 7.82 Å². The molecule has 0 fully saturated rings. The molecule has 0 radical (unpaired) electrons. The molecule has 11 heteroatoms. The third kappa shape index (κ3) is 41.4. The average Bonchev–Trinajstić information content (AvgIpc) is 3.20. The number of allylic oxidation sites excluding steroid dienone is 12. The van der Waals surface area contributed by atoms with Crippen LogP contribution in [0, 0.1) is 0 Å². The summed E-state index contributed by atoms with van der Waals surface area (Å²) in [5.41, 5.74) is 0. The van der Waals surface area contributed by atoms with Gasteiger partial charge in [-0.3, -0.25) is 18.6 Å². The molecule has 0 aliphatic carbocycles. The number of ether oxygens (including phenoxy) is 2. The Kier molecular flexibility index (Phi) is 39.7. The minimum atomic E-state index is -4.63. The first-order valence-electron chi connectivity index (χ1n) is 21.9. The third-order valence-electron chi connectivity index (χ3n) is 8.84. The lowest BCUT2D eigenvalue weighted by molar-refractivity contribution is -0.161. The minimum Gasteiger partial charge on any atom is -0.462 e. The van der Waals surface area contributed by atoms with Crippen LogP contribution in [0.5, 0.6) is 0 Å². The highest BCUT2D eigenvalue weighted by Crippen LogP contribution is 2.43. The molecule has 0 aliphatic rings. The van der Waals surface area contributed by atoms with Gasteiger partial charge in [-0.1, -0.05) is 145 Å². The van der Waals surface area contributed by atoms with Gasteiger partial charge in [0.25, 0.3) is 0 Å². The van der Waals surface area contributed by atoms with E-state index >= 15 is 0 Å². The summed E-state index contributed by atoms with van der Waals surface area (Å²) in [6.07, 6.45) is 47.2. The summed E-state index contributed by atoms with van der Waals surface area (Å²) in [6.45, 7) is 2.20. The smallest absolute Gasteiger partial charge is 0.462 e. The van der Waals surface area contributed by atoms with Crippen molar-refractivity contribution in [3.8, 4) is 0 Å². The van der Waals surface area contributed by atoms with Gasteiger partial charge < -0.3 is 24.6 Å². The lowest BCUT2D eigenvalue weighted by atomic mass is 10.1. The Morgan fingerprint density at radius 3 is 1.47 bits per heavy atom. The first-order chi connectivity index (χ1) is 27.7. The summed E-state index contributed by atoms with van der Waals surface area (Å²) < 4.78 is 32.7. The predicted molar refractivity (Wildman–Crippen MR) is 233 cm³/mol. The molecule has 0 rings (SSSR count). The van der Waals surface area contributed by atoms with Crippen LogP contribution in [0.25, 0.3) is 0 Å². The average molecular weight is 823 g/mol. The van der Waals surface area contributed by atoms with Crippen molar-refractivity contribution in [2.24, 2.45) is 0 Å². The van der Waals surface area contributed by atoms with Gasteiger partial charge in [0, 0.05) is 12.8 Å². The molecule has 328 valence electrons. The van der Waals surface area contributed by atoms with Crippen molar-refractivity contribution in [1.29, 1.82) is 0 Å². The molecule has 10 nitrogen and oxygen atoms in total. The molecular weight excluding hydrogens is 743 g/mol. The van der Waals surface area contributed by atoms with Gasteiger partial charge in [0.1, 0.15) is 12.7 Å². The molecule has 0 aromatic carbocycles. The Labute approximate surface area is 346 Å². The van der Waals surface area contributed by atoms with Crippen LogP contribution in [0.15, 0.2) is 72.9 Å². The van der Waals surface area contributed by atoms with Crippen LogP contribution < -0.4 is 0 Å². The molecule has 0 spiro atoms. The Hall–Kier alpha value is -2.59. The molecule has 0 aromatic rings. The SMILES string of the molecule is CC/C=C/C/C=C/C/C=C/C/C=C/C/C=C/CCCCCC(=O)O[C@H](COC(=O)CCCCC/C=C/CCCCCCCCCC)COP(=O)(O)OC[C@@H](O)CO. The van der Waals surface area contributed by atoms with Gasteiger partial charge in [0.15, 0.2) is 6.10 Å². The Morgan fingerprint density at radius 2 is 0.965 bits per heavy atom. The summed E-state index contributed by atoms with van der Waals surface area (Å²) in [6, 6.07) is 0. The number of esters is 2. The van der Waals surface area contributed by atoms with Gasteiger partial charge in [0.2, 0.25) is 0 Å². The fourth-order valence-electron chi connectivity index (χ4n) is 5.48. The van der Waals surface area contributed by atoms with E-state index in [1.54, 1.807) is 0 Å². The van der Waals surface area contributed by atoms with E-state index in [0.29, 0.717) is 12.8 Å². The molecule has 0 saturated heterocycles. The zero-order chi connectivity index (χ0) is 41.9. The Balaban J connectivity index is 4.40. The maximum Gasteiger partial charge on any atom is 0.472 e.